The van der Waals surface area contributed by atoms with Crippen molar-refractivity contribution < 1.29 is 0 Å². The number of hydrazine groups is 1. The van der Waals surface area contributed by atoms with Crippen LogP contribution in [-0.2, 0) is 0 Å². The number of aromatic nitrogens is 3. The van der Waals surface area contributed by atoms with Crippen molar-refractivity contribution in [3.05, 3.63) is 106 Å². The smallest absolute Gasteiger partial charge is 0.291 e. The van der Waals surface area contributed by atoms with E-state index in [0.717, 1.165) is 17.8 Å². The molecule has 2 aromatic carbocycles. The maximum atomic E-state index is 13.0. The van der Waals surface area contributed by atoms with E-state index in [1.807, 2.05) is 53.2 Å². The third-order valence-corrected chi connectivity index (χ3v) is 5.94. The monoisotopic (exact) mass is 426 g/mol. The van der Waals surface area contributed by atoms with Gasteiger partial charge in [-0.05, 0) is 55.7 Å². The zero-order valence-electron chi connectivity index (χ0n) is 18.1. The Morgan fingerprint density at radius 2 is 1.81 bits per heavy atom. The second kappa shape index (κ2) is 8.26. The molecule has 5 rings (SSSR count). The van der Waals surface area contributed by atoms with Crippen molar-refractivity contribution in [3.8, 4) is 0 Å². The Kier molecular flexibility index (Phi) is 5.15. The van der Waals surface area contributed by atoms with Gasteiger partial charge in [-0.3, -0.25) is 25.0 Å². The van der Waals surface area contributed by atoms with Gasteiger partial charge in [0.05, 0.1) is 23.5 Å². The van der Waals surface area contributed by atoms with Crippen molar-refractivity contribution >= 4 is 17.2 Å². The van der Waals surface area contributed by atoms with Gasteiger partial charge < -0.3 is 10.7 Å². The lowest BCUT2D eigenvalue weighted by Gasteiger charge is -2.34. The predicted octanol–water partition coefficient (Wildman–Crippen LogP) is 4.77. The summed E-state index contributed by atoms with van der Waals surface area (Å²) in [5, 5.41) is 6.58. The second-order valence-electron chi connectivity index (χ2n) is 8.21. The SMILES string of the molecule is Cc1ccc(C2CC(c3ccccn3)Nc3c(NNc4ccccc4)c(=O)[nH]n32)c(C)c1. The number of aryl methyl sites for hydroxylation is 2. The van der Waals surface area contributed by atoms with Crippen LogP contribution in [0.25, 0.3) is 0 Å². The number of para-hydroxylation sites is 1. The average Bonchev–Trinajstić information content (AvgIpc) is 3.13. The molecule has 3 heterocycles. The number of pyridine rings is 1. The third kappa shape index (κ3) is 3.73. The normalized spacial score (nSPS) is 17.3. The molecule has 0 bridgehead atoms. The van der Waals surface area contributed by atoms with Gasteiger partial charge in [-0.15, -0.1) is 0 Å². The van der Waals surface area contributed by atoms with Gasteiger partial charge in [-0.2, -0.15) is 0 Å². The van der Waals surface area contributed by atoms with Crippen LogP contribution in [0.3, 0.4) is 0 Å². The van der Waals surface area contributed by atoms with Crippen LogP contribution in [0.2, 0.25) is 0 Å². The molecule has 0 fully saturated rings. The van der Waals surface area contributed by atoms with E-state index in [4.69, 9.17) is 0 Å². The van der Waals surface area contributed by atoms with Gasteiger partial charge in [0, 0.05) is 6.20 Å². The van der Waals surface area contributed by atoms with E-state index in [1.165, 1.54) is 16.7 Å². The van der Waals surface area contributed by atoms with Crippen molar-refractivity contribution in [1.29, 1.82) is 0 Å². The fourth-order valence-electron chi connectivity index (χ4n) is 4.39. The first-order valence-electron chi connectivity index (χ1n) is 10.8. The molecule has 0 saturated carbocycles. The molecule has 2 unspecified atom stereocenters. The topological polar surface area (TPSA) is 86.8 Å². The molecule has 0 saturated heterocycles. The van der Waals surface area contributed by atoms with E-state index >= 15 is 0 Å². The summed E-state index contributed by atoms with van der Waals surface area (Å²) < 4.78 is 1.94. The van der Waals surface area contributed by atoms with Crippen LogP contribution >= 0.6 is 0 Å². The largest absolute Gasteiger partial charge is 0.360 e. The van der Waals surface area contributed by atoms with Gasteiger partial charge in [0.1, 0.15) is 0 Å². The summed E-state index contributed by atoms with van der Waals surface area (Å²) in [6, 6.07) is 22.0. The standard InChI is InChI=1S/C25H26N6O/c1-16-11-12-19(17(2)14-16)22-15-21(20-10-6-7-13-26-20)27-24-23(25(32)30-31(22)24)29-28-18-8-4-3-5-9-18/h3-14,21-22,27-29H,15H2,1-2H3,(H,30,32). The lowest BCUT2D eigenvalue weighted by atomic mass is 9.92. The zero-order chi connectivity index (χ0) is 22.1. The molecule has 7 heteroatoms. The van der Waals surface area contributed by atoms with Crippen molar-refractivity contribution in [2.75, 3.05) is 16.2 Å². The summed E-state index contributed by atoms with van der Waals surface area (Å²) in [5.41, 5.74) is 11.9. The highest BCUT2D eigenvalue weighted by Gasteiger charge is 2.33. The maximum Gasteiger partial charge on any atom is 0.291 e. The minimum Gasteiger partial charge on any atom is -0.360 e. The Morgan fingerprint density at radius 1 is 1.00 bits per heavy atom. The number of H-pyrrole nitrogens is 1. The molecule has 7 nitrogen and oxygen atoms in total. The first-order valence-corrected chi connectivity index (χ1v) is 10.8. The Labute approximate surface area is 186 Å². The minimum absolute atomic E-state index is 0.0289. The Bertz CT molecular complexity index is 1280. The number of nitrogens with zero attached hydrogens (tertiary/aromatic N) is 2. The third-order valence-electron chi connectivity index (χ3n) is 5.94. The van der Waals surface area contributed by atoms with E-state index < -0.39 is 0 Å². The lowest BCUT2D eigenvalue weighted by molar-refractivity contribution is 0.426. The molecular formula is C25H26N6O. The first-order chi connectivity index (χ1) is 15.6. The highest BCUT2D eigenvalue weighted by Crippen LogP contribution is 2.40. The second-order valence-corrected chi connectivity index (χ2v) is 8.21. The Hall–Kier alpha value is -4.00. The lowest BCUT2D eigenvalue weighted by Crippen LogP contribution is -2.29. The molecule has 0 spiro atoms. The Morgan fingerprint density at radius 3 is 2.56 bits per heavy atom. The van der Waals surface area contributed by atoms with Crippen LogP contribution in [0.15, 0.2) is 77.7 Å². The van der Waals surface area contributed by atoms with Crippen molar-refractivity contribution in [2.45, 2.75) is 32.4 Å². The highest BCUT2D eigenvalue weighted by molar-refractivity contribution is 5.68. The van der Waals surface area contributed by atoms with Crippen LogP contribution in [0.1, 0.15) is 40.9 Å². The molecule has 0 aliphatic carbocycles. The summed E-state index contributed by atoms with van der Waals surface area (Å²) in [6.07, 6.45) is 2.57. The molecular weight excluding hydrogens is 400 g/mol. The first kappa shape index (κ1) is 19.9. The molecule has 2 atom stereocenters. The van der Waals surface area contributed by atoms with Crippen molar-refractivity contribution in [3.63, 3.8) is 0 Å². The van der Waals surface area contributed by atoms with Crippen LogP contribution in [0, 0.1) is 13.8 Å². The van der Waals surface area contributed by atoms with Crippen molar-refractivity contribution in [1.82, 2.24) is 14.8 Å². The predicted molar refractivity (Wildman–Crippen MR) is 128 cm³/mol. The van der Waals surface area contributed by atoms with Crippen LogP contribution in [0.5, 0.6) is 0 Å². The van der Waals surface area contributed by atoms with E-state index in [2.05, 4.69) is 58.3 Å². The number of fused-ring (bicyclic) bond motifs is 1. The van der Waals surface area contributed by atoms with Crippen LogP contribution < -0.4 is 21.7 Å². The average molecular weight is 427 g/mol. The van der Waals surface area contributed by atoms with Gasteiger partial charge in [-0.25, -0.2) is 0 Å². The van der Waals surface area contributed by atoms with Gasteiger partial charge in [0.2, 0.25) is 0 Å². The van der Waals surface area contributed by atoms with Gasteiger partial charge in [0.25, 0.3) is 5.56 Å². The zero-order valence-corrected chi connectivity index (χ0v) is 18.1. The number of hydrogen-bond donors (Lipinski definition) is 4. The van der Waals surface area contributed by atoms with Gasteiger partial charge >= 0.3 is 0 Å². The summed E-state index contributed by atoms with van der Waals surface area (Å²) in [5.74, 6) is 0.713. The van der Waals surface area contributed by atoms with E-state index in [9.17, 15) is 4.79 Å². The maximum absolute atomic E-state index is 13.0. The Balaban J connectivity index is 1.57. The number of hydrogen-bond acceptors (Lipinski definition) is 5. The van der Waals surface area contributed by atoms with Crippen LogP contribution in [0.4, 0.5) is 17.2 Å². The van der Waals surface area contributed by atoms with E-state index in [-0.39, 0.29) is 17.6 Å². The number of benzene rings is 2. The molecule has 1 aliphatic rings. The van der Waals surface area contributed by atoms with Crippen LogP contribution in [-0.4, -0.2) is 14.8 Å². The molecule has 0 radical (unpaired) electrons. The molecule has 2 aromatic heterocycles. The van der Waals surface area contributed by atoms with E-state index in [0.29, 0.717) is 11.5 Å². The number of anilines is 3. The molecule has 32 heavy (non-hydrogen) atoms. The van der Waals surface area contributed by atoms with E-state index in [1.54, 1.807) is 6.20 Å². The fraction of sp³-hybridized carbons (Fsp3) is 0.200. The summed E-state index contributed by atoms with van der Waals surface area (Å²) in [6.45, 7) is 4.22. The van der Waals surface area contributed by atoms with Gasteiger partial charge in [-0.1, -0.05) is 48.0 Å². The molecule has 1 aliphatic heterocycles. The fourth-order valence-corrected chi connectivity index (χ4v) is 4.39. The summed E-state index contributed by atoms with van der Waals surface area (Å²) in [4.78, 5) is 17.5. The number of aromatic amines is 1. The number of nitrogens with one attached hydrogen (secondary N) is 4. The number of rotatable bonds is 5. The summed E-state index contributed by atoms with van der Waals surface area (Å²) in [7, 11) is 0. The minimum atomic E-state index is -0.188. The highest BCUT2D eigenvalue weighted by atomic mass is 16.1. The summed E-state index contributed by atoms with van der Waals surface area (Å²) >= 11 is 0. The molecule has 4 N–H and O–H groups in total. The van der Waals surface area contributed by atoms with Gasteiger partial charge in [0.15, 0.2) is 11.5 Å². The van der Waals surface area contributed by atoms with Crippen molar-refractivity contribution in [2.24, 2.45) is 0 Å². The quantitative estimate of drug-likeness (QED) is 0.345. The molecule has 4 aromatic rings. The molecule has 162 valence electrons. The molecule has 0 amide bonds.